The van der Waals surface area contributed by atoms with E-state index in [1.165, 1.54) is 5.56 Å². The van der Waals surface area contributed by atoms with E-state index in [-0.39, 0.29) is 5.91 Å². The van der Waals surface area contributed by atoms with Gasteiger partial charge in [-0.3, -0.25) is 9.69 Å². The minimum atomic E-state index is 0.263. The third-order valence-corrected chi connectivity index (χ3v) is 4.64. The molecular formula is C19H29N3O3. The molecule has 1 aromatic carbocycles. The van der Waals surface area contributed by atoms with Gasteiger partial charge in [0, 0.05) is 45.7 Å². The molecule has 0 aromatic heterocycles. The van der Waals surface area contributed by atoms with Crippen molar-refractivity contribution in [1.29, 1.82) is 0 Å². The Morgan fingerprint density at radius 2 is 1.92 bits per heavy atom. The monoisotopic (exact) mass is 347 g/mol. The van der Waals surface area contributed by atoms with Crippen LogP contribution in [0.1, 0.15) is 25.8 Å². The number of rotatable bonds is 7. The van der Waals surface area contributed by atoms with E-state index in [1.54, 1.807) is 0 Å². The first kappa shape index (κ1) is 18.0. The van der Waals surface area contributed by atoms with Gasteiger partial charge in [0.15, 0.2) is 11.5 Å². The lowest BCUT2D eigenvalue weighted by molar-refractivity contribution is -0.132. The molecule has 0 aliphatic carbocycles. The van der Waals surface area contributed by atoms with Crippen LogP contribution in [0.5, 0.6) is 11.5 Å². The summed E-state index contributed by atoms with van der Waals surface area (Å²) in [6, 6.07) is 6.12. The summed E-state index contributed by atoms with van der Waals surface area (Å²) in [6.07, 6.45) is 0.592. The van der Waals surface area contributed by atoms with Crippen LogP contribution < -0.4 is 14.8 Å². The number of nitrogens with zero attached hydrogens (tertiary/aromatic N) is 2. The SMILES string of the molecule is CC(C)CNCCC(=O)N1CCN(Cc2ccc3c(c2)OCO3)CC1. The van der Waals surface area contributed by atoms with Crippen molar-refractivity contribution >= 4 is 5.91 Å². The zero-order valence-corrected chi connectivity index (χ0v) is 15.3. The van der Waals surface area contributed by atoms with Crippen LogP contribution in [-0.2, 0) is 11.3 Å². The van der Waals surface area contributed by atoms with Gasteiger partial charge in [-0.25, -0.2) is 0 Å². The van der Waals surface area contributed by atoms with Crippen molar-refractivity contribution in [3.8, 4) is 11.5 Å². The first-order chi connectivity index (χ1) is 12.1. The highest BCUT2D eigenvalue weighted by Gasteiger charge is 2.21. The second kappa shape index (κ2) is 8.54. The van der Waals surface area contributed by atoms with Crippen LogP contribution in [-0.4, -0.2) is 61.8 Å². The Kier molecular flexibility index (Phi) is 6.15. The molecule has 2 heterocycles. The van der Waals surface area contributed by atoms with E-state index in [0.717, 1.165) is 57.3 Å². The number of ether oxygens (including phenoxy) is 2. The normalized spacial score (nSPS) is 17.3. The summed E-state index contributed by atoms with van der Waals surface area (Å²) in [7, 11) is 0. The van der Waals surface area contributed by atoms with Gasteiger partial charge >= 0.3 is 0 Å². The molecule has 25 heavy (non-hydrogen) atoms. The van der Waals surface area contributed by atoms with E-state index < -0.39 is 0 Å². The highest BCUT2D eigenvalue weighted by atomic mass is 16.7. The van der Waals surface area contributed by atoms with Crippen molar-refractivity contribution < 1.29 is 14.3 Å². The molecule has 1 fully saturated rings. The summed E-state index contributed by atoms with van der Waals surface area (Å²) in [4.78, 5) is 16.7. The summed E-state index contributed by atoms with van der Waals surface area (Å²) in [6.45, 7) is 10.7. The molecule has 0 unspecified atom stereocenters. The van der Waals surface area contributed by atoms with Crippen LogP contribution in [0.3, 0.4) is 0 Å². The molecule has 0 saturated carbocycles. The van der Waals surface area contributed by atoms with E-state index in [1.807, 2.05) is 11.0 Å². The predicted molar refractivity (Wildman–Crippen MR) is 96.7 cm³/mol. The van der Waals surface area contributed by atoms with E-state index in [0.29, 0.717) is 19.1 Å². The highest BCUT2D eigenvalue weighted by Crippen LogP contribution is 2.32. The second-order valence-corrected chi connectivity index (χ2v) is 7.19. The molecular weight excluding hydrogens is 318 g/mol. The van der Waals surface area contributed by atoms with Gasteiger partial charge in [-0.05, 0) is 30.2 Å². The molecule has 6 nitrogen and oxygen atoms in total. The van der Waals surface area contributed by atoms with E-state index >= 15 is 0 Å². The number of amides is 1. The average Bonchev–Trinajstić information content (AvgIpc) is 3.07. The second-order valence-electron chi connectivity index (χ2n) is 7.19. The third kappa shape index (κ3) is 5.09. The largest absolute Gasteiger partial charge is 0.454 e. The van der Waals surface area contributed by atoms with Gasteiger partial charge in [-0.2, -0.15) is 0 Å². The number of fused-ring (bicyclic) bond motifs is 1. The number of hydrogen-bond acceptors (Lipinski definition) is 5. The lowest BCUT2D eigenvalue weighted by atomic mass is 10.1. The lowest BCUT2D eigenvalue weighted by Gasteiger charge is -2.35. The zero-order valence-electron chi connectivity index (χ0n) is 15.3. The van der Waals surface area contributed by atoms with E-state index in [4.69, 9.17) is 9.47 Å². The van der Waals surface area contributed by atoms with Gasteiger partial charge in [0.1, 0.15) is 0 Å². The lowest BCUT2D eigenvalue weighted by Crippen LogP contribution is -2.48. The number of piperazine rings is 1. The maximum Gasteiger partial charge on any atom is 0.231 e. The summed E-state index contributed by atoms with van der Waals surface area (Å²) < 4.78 is 10.8. The Morgan fingerprint density at radius 3 is 2.68 bits per heavy atom. The zero-order chi connectivity index (χ0) is 17.6. The Morgan fingerprint density at radius 1 is 1.16 bits per heavy atom. The van der Waals surface area contributed by atoms with Crippen LogP contribution in [0.25, 0.3) is 0 Å². The fourth-order valence-electron chi connectivity index (χ4n) is 3.20. The van der Waals surface area contributed by atoms with Gasteiger partial charge in [0.25, 0.3) is 0 Å². The minimum Gasteiger partial charge on any atom is -0.454 e. The van der Waals surface area contributed by atoms with Crippen molar-refractivity contribution in [2.24, 2.45) is 5.92 Å². The quantitative estimate of drug-likeness (QED) is 0.761. The summed E-state index contributed by atoms with van der Waals surface area (Å²) in [5.74, 6) is 2.54. The number of hydrogen-bond donors (Lipinski definition) is 1. The van der Waals surface area contributed by atoms with Gasteiger partial charge < -0.3 is 19.7 Å². The van der Waals surface area contributed by atoms with Crippen LogP contribution in [0.2, 0.25) is 0 Å². The Labute approximate surface area is 150 Å². The van der Waals surface area contributed by atoms with E-state index in [9.17, 15) is 4.79 Å². The number of nitrogens with one attached hydrogen (secondary N) is 1. The first-order valence-electron chi connectivity index (χ1n) is 9.21. The molecule has 6 heteroatoms. The summed E-state index contributed by atoms with van der Waals surface area (Å²) >= 11 is 0. The topological polar surface area (TPSA) is 54.0 Å². The third-order valence-electron chi connectivity index (χ3n) is 4.64. The van der Waals surface area contributed by atoms with E-state index in [2.05, 4.69) is 36.2 Å². The summed E-state index contributed by atoms with van der Waals surface area (Å²) in [5, 5.41) is 3.34. The Balaban J connectivity index is 1.39. The van der Waals surface area contributed by atoms with Crippen LogP contribution in [0.4, 0.5) is 0 Å². The van der Waals surface area contributed by atoms with Crippen molar-refractivity contribution in [2.75, 3.05) is 46.1 Å². The van der Waals surface area contributed by atoms with Gasteiger partial charge in [-0.15, -0.1) is 0 Å². The van der Waals surface area contributed by atoms with Crippen molar-refractivity contribution in [3.63, 3.8) is 0 Å². The van der Waals surface area contributed by atoms with Crippen LogP contribution in [0, 0.1) is 5.92 Å². The number of benzene rings is 1. The van der Waals surface area contributed by atoms with Gasteiger partial charge in [0.05, 0.1) is 0 Å². The fourth-order valence-corrected chi connectivity index (χ4v) is 3.20. The van der Waals surface area contributed by atoms with Gasteiger partial charge in [-0.1, -0.05) is 19.9 Å². The molecule has 3 rings (SSSR count). The van der Waals surface area contributed by atoms with Crippen molar-refractivity contribution in [1.82, 2.24) is 15.1 Å². The molecule has 2 aliphatic rings. The van der Waals surface area contributed by atoms with Crippen molar-refractivity contribution in [3.05, 3.63) is 23.8 Å². The standard InChI is InChI=1S/C19H29N3O3/c1-15(2)12-20-6-5-19(23)22-9-7-21(8-10-22)13-16-3-4-17-18(11-16)25-14-24-17/h3-4,11,15,20H,5-10,12-14H2,1-2H3. The molecule has 138 valence electrons. The Bertz CT molecular complexity index is 583. The smallest absolute Gasteiger partial charge is 0.231 e. The fraction of sp³-hybridized carbons (Fsp3) is 0.632. The molecule has 0 radical (unpaired) electrons. The predicted octanol–water partition coefficient (Wildman–Crippen LogP) is 1.70. The number of carbonyl (C=O) groups excluding carboxylic acids is 1. The molecule has 0 spiro atoms. The Hall–Kier alpha value is -1.79. The molecule has 1 N–H and O–H groups in total. The molecule has 0 atom stereocenters. The minimum absolute atomic E-state index is 0.263. The summed E-state index contributed by atoms with van der Waals surface area (Å²) in [5.41, 5.74) is 1.22. The maximum absolute atomic E-state index is 12.3. The molecule has 0 bridgehead atoms. The average molecular weight is 347 g/mol. The van der Waals surface area contributed by atoms with Crippen molar-refractivity contribution in [2.45, 2.75) is 26.8 Å². The molecule has 1 amide bonds. The highest BCUT2D eigenvalue weighted by molar-refractivity contribution is 5.76. The number of carbonyl (C=O) groups is 1. The maximum atomic E-state index is 12.3. The van der Waals surface area contributed by atoms with Gasteiger partial charge in [0.2, 0.25) is 12.7 Å². The van der Waals surface area contributed by atoms with Crippen LogP contribution in [0.15, 0.2) is 18.2 Å². The first-order valence-corrected chi connectivity index (χ1v) is 9.21. The molecule has 2 aliphatic heterocycles. The molecule has 1 saturated heterocycles. The molecule has 1 aromatic rings. The van der Waals surface area contributed by atoms with Crippen LogP contribution >= 0.6 is 0 Å².